The minimum atomic E-state index is -0.0860. The fourth-order valence-corrected chi connectivity index (χ4v) is 3.72. The molecule has 1 aromatic carbocycles. The Kier molecular flexibility index (Phi) is 3.71. The number of hydrogen-bond donors (Lipinski definition) is 0. The van der Waals surface area contributed by atoms with Crippen molar-refractivity contribution >= 4 is 11.6 Å². The maximum atomic E-state index is 13.3. The Bertz CT molecular complexity index is 935. The van der Waals surface area contributed by atoms with Gasteiger partial charge < -0.3 is 9.64 Å². The molecule has 2 aliphatic rings. The van der Waals surface area contributed by atoms with Crippen LogP contribution in [-0.4, -0.2) is 44.6 Å². The molecule has 6 heteroatoms. The monoisotopic (exact) mass is 348 g/mol. The van der Waals surface area contributed by atoms with Gasteiger partial charge in [-0.15, -0.1) is 10.2 Å². The van der Waals surface area contributed by atoms with E-state index in [1.54, 1.807) is 10.7 Å². The van der Waals surface area contributed by atoms with Crippen LogP contribution in [0.3, 0.4) is 0 Å². The van der Waals surface area contributed by atoms with Crippen molar-refractivity contribution in [3.8, 4) is 0 Å². The number of ether oxygens (including phenoxy) is 1. The molecule has 0 bridgehead atoms. The van der Waals surface area contributed by atoms with E-state index in [0.717, 1.165) is 5.56 Å². The fraction of sp³-hybridized carbons (Fsp3) is 0.350. The molecule has 1 aliphatic carbocycles. The largest absolute Gasteiger partial charge is 0.366 e. The van der Waals surface area contributed by atoms with Gasteiger partial charge in [0.2, 0.25) is 0 Å². The first-order valence-electron chi connectivity index (χ1n) is 9.07. The molecule has 26 heavy (non-hydrogen) atoms. The van der Waals surface area contributed by atoms with Crippen LogP contribution in [0.5, 0.6) is 0 Å². The second kappa shape index (κ2) is 6.21. The molecule has 0 unspecified atom stereocenters. The predicted octanol–water partition coefficient (Wildman–Crippen LogP) is 2.72. The van der Waals surface area contributed by atoms with E-state index in [1.807, 2.05) is 41.4 Å². The Labute approximate surface area is 151 Å². The molecular formula is C20H20N4O2. The van der Waals surface area contributed by atoms with Crippen molar-refractivity contribution in [3.05, 3.63) is 66.1 Å². The lowest BCUT2D eigenvalue weighted by Crippen LogP contribution is -2.47. The Morgan fingerprint density at radius 3 is 2.73 bits per heavy atom. The number of nitrogens with zero attached hydrogens (tertiary/aromatic N) is 4. The molecule has 1 saturated heterocycles. The van der Waals surface area contributed by atoms with Gasteiger partial charge >= 0.3 is 0 Å². The number of rotatable bonds is 3. The van der Waals surface area contributed by atoms with Gasteiger partial charge in [-0.1, -0.05) is 30.3 Å². The zero-order valence-electron chi connectivity index (χ0n) is 14.4. The molecule has 5 rings (SSSR count). The van der Waals surface area contributed by atoms with Crippen LogP contribution in [0.2, 0.25) is 0 Å². The van der Waals surface area contributed by atoms with Crippen molar-refractivity contribution in [3.63, 3.8) is 0 Å². The molecular weight excluding hydrogens is 328 g/mol. The Balaban J connectivity index is 1.46. The van der Waals surface area contributed by atoms with Crippen LogP contribution in [0.4, 0.5) is 0 Å². The van der Waals surface area contributed by atoms with Gasteiger partial charge in [-0.05, 0) is 36.5 Å². The SMILES string of the molecule is O=C(c1cccn2cnnc12)N1C[C@@H](c2ccccc2)O[C@@H](C2CC2)C1. The van der Waals surface area contributed by atoms with E-state index in [0.29, 0.717) is 30.2 Å². The zero-order chi connectivity index (χ0) is 17.5. The maximum Gasteiger partial charge on any atom is 0.257 e. The lowest BCUT2D eigenvalue weighted by atomic mass is 10.0. The van der Waals surface area contributed by atoms with Crippen molar-refractivity contribution in [1.82, 2.24) is 19.5 Å². The average Bonchev–Trinajstić information content (AvgIpc) is 3.44. The Morgan fingerprint density at radius 1 is 1.08 bits per heavy atom. The number of hydrogen-bond acceptors (Lipinski definition) is 4. The van der Waals surface area contributed by atoms with Crippen molar-refractivity contribution in [2.45, 2.75) is 25.0 Å². The second-order valence-electron chi connectivity index (χ2n) is 7.11. The molecule has 0 N–H and O–H groups in total. The summed E-state index contributed by atoms with van der Waals surface area (Å²) in [5.41, 5.74) is 2.31. The highest BCUT2D eigenvalue weighted by molar-refractivity contribution is 5.99. The first-order valence-corrected chi connectivity index (χ1v) is 9.07. The van der Waals surface area contributed by atoms with Crippen LogP contribution in [0.25, 0.3) is 5.65 Å². The molecule has 3 aromatic rings. The van der Waals surface area contributed by atoms with Crippen LogP contribution in [-0.2, 0) is 4.74 Å². The molecule has 1 aliphatic heterocycles. The molecule has 1 saturated carbocycles. The highest BCUT2D eigenvalue weighted by Gasteiger charge is 2.40. The summed E-state index contributed by atoms with van der Waals surface area (Å²) in [6.45, 7) is 1.20. The van der Waals surface area contributed by atoms with Gasteiger partial charge in [-0.25, -0.2) is 0 Å². The van der Waals surface area contributed by atoms with E-state index in [-0.39, 0.29) is 18.1 Å². The first-order chi connectivity index (χ1) is 12.8. The van der Waals surface area contributed by atoms with E-state index in [1.165, 1.54) is 12.8 Å². The first kappa shape index (κ1) is 15.5. The smallest absolute Gasteiger partial charge is 0.257 e. The van der Waals surface area contributed by atoms with E-state index in [2.05, 4.69) is 22.3 Å². The summed E-state index contributed by atoms with van der Waals surface area (Å²) < 4.78 is 8.14. The number of pyridine rings is 1. The van der Waals surface area contributed by atoms with Crippen LogP contribution in [0.15, 0.2) is 55.0 Å². The number of carbonyl (C=O) groups is 1. The molecule has 2 fully saturated rings. The Hall–Kier alpha value is -2.73. The molecule has 2 atom stereocenters. The zero-order valence-corrected chi connectivity index (χ0v) is 14.4. The van der Waals surface area contributed by atoms with Gasteiger partial charge in [0.15, 0.2) is 5.65 Å². The summed E-state index contributed by atoms with van der Waals surface area (Å²) in [7, 11) is 0. The van der Waals surface area contributed by atoms with Crippen LogP contribution in [0, 0.1) is 5.92 Å². The van der Waals surface area contributed by atoms with Crippen LogP contribution < -0.4 is 0 Å². The van der Waals surface area contributed by atoms with Gasteiger partial charge in [0.25, 0.3) is 5.91 Å². The van der Waals surface area contributed by atoms with E-state index < -0.39 is 0 Å². The third kappa shape index (κ3) is 2.76. The molecule has 1 amide bonds. The minimum Gasteiger partial charge on any atom is -0.366 e. The van der Waals surface area contributed by atoms with Crippen LogP contribution in [0.1, 0.15) is 34.9 Å². The molecule has 3 heterocycles. The summed E-state index contributed by atoms with van der Waals surface area (Å²) >= 11 is 0. The number of carbonyl (C=O) groups excluding carboxylic acids is 1. The quantitative estimate of drug-likeness (QED) is 0.730. The van der Waals surface area contributed by atoms with E-state index in [4.69, 9.17) is 4.74 Å². The number of morpholine rings is 1. The number of fused-ring (bicyclic) bond motifs is 1. The lowest BCUT2D eigenvalue weighted by molar-refractivity contribution is -0.0863. The van der Waals surface area contributed by atoms with E-state index >= 15 is 0 Å². The van der Waals surface area contributed by atoms with Crippen molar-refractivity contribution in [2.24, 2.45) is 5.92 Å². The summed E-state index contributed by atoms with van der Waals surface area (Å²) in [6.07, 6.45) is 5.87. The third-order valence-corrected chi connectivity index (χ3v) is 5.29. The number of benzene rings is 1. The molecule has 0 radical (unpaired) electrons. The maximum absolute atomic E-state index is 13.3. The summed E-state index contributed by atoms with van der Waals surface area (Å²) in [5.74, 6) is 0.569. The van der Waals surface area contributed by atoms with Gasteiger partial charge in [0.1, 0.15) is 12.4 Å². The van der Waals surface area contributed by atoms with E-state index in [9.17, 15) is 4.79 Å². The third-order valence-electron chi connectivity index (χ3n) is 5.29. The second-order valence-corrected chi connectivity index (χ2v) is 7.11. The highest BCUT2D eigenvalue weighted by atomic mass is 16.5. The number of amides is 1. The lowest BCUT2D eigenvalue weighted by Gasteiger charge is -2.38. The molecule has 2 aromatic heterocycles. The standard InChI is InChI=1S/C20H20N4O2/c25-20(16-7-4-10-23-13-21-22-19(16)23)24-11-17(14-5-2-1-3-6-14)26-18(12-24)15-8-9-15/h1-7,10,13,15,17-18H,8-9,11-12H2/t17-,18+/m0/s1. The number of aromatic nitrogens is 3. The summed E-state index contributed by atoms with van der Waals surface area (Å²) in [4.78, 5) is 15.2. The fourth-order valence-electron chi connectivity index (χ4n) is 3.72. The van der Waals surface area contributed by atoms with Gasteiger partial charge in [-0.2, -0.15) is 0 Å². The average molecular weight is 348 g/mol. The van der Waals surface area contributed by atoms with Gasteiger partial charge in [0.05, 0.1) is 18.2 Å². The topological polar surface area (TPSA) is 59.7 Å². The normalized spacial score (nSPS) is 23.3. The highest BCUT2D eigenvalue weighted by Crippen LogP contribution is 2.39. The van der Waals surface area contributed by atoms with Crippen LogP contribution >= 0.6 is 0 Å². The molecule has 132 valence electrons. The van der Waals surface area contributed by atoms with Gasteiger partial charge in [-0.3, -0.25) is 9.20 Å². The summed E-state index contributed by atoms with van der Waals surface area (Å²) in [6, 6.07) is 13.9. The van der Waals surface area contributed by atoms with Crippen molar-refractivity contribution in [1.29, 1.82) is 0 Å². The van der Waals surface area contributed by atoms with Gasteiger partial charge in [0, 0.05) is 12.7 Å². The molecule has 6 nitrogen and oxygen atoms in total. The van der Waals surface area contributed by atoms with Crippen molar-refractivity contribution in [2.75, 3.05) is 13.1 Å². The molecule has 0 spiro atoms. The summed E-state index contributed by atoms with van der Waals surface area (Å²) in [5, 5.41) is 8.04. The Morgan fingerprint density at radius 2 is 1.92 bits per heavy atom. The minimum absolute atomic E-state index is 0.00141. The predicted molar refractivity (Wildman–Crippen MR) is 95.7 cm³/mol. The van der Waals surface area contributed by atoms with Crippen molar-refractivity contribution < 1.29 is 9.53 Å².